The molecule has 96 valence electrons. The van der Waals surface area contributed by atoms with Crippen molar-refractivity contribution in [3.05, 3.63) is 17.7 Å². The zero-order chi connectivity index (χ0) is 12.4. The molecule has 1 aromatic carbocycles. The van der Waals surface area contributed by atoms with Gasteiger partial charge in [-0.3, -0.25) is 4.79 Å². The normalized spacial score (nSPS) is 20.3. The van der Waals surface area contributed by atoms with Crippen LogP contribution in [0.25, 0.3) is 0 Å². The molecule has 0 spiro atoms. The number of fused-ring (bicyclic) bond motifs is 2. The van der Waals surface area contributed by atoms with Crippen LogP contribution in [-0.4, -0.2) is 25.1 Å². The van der Waals surface area contributed by atoms with Crippen molar-refractivity contribution in [1.29, 1.82) is 0 Å². The van der Waals surface area contributed by atoms with Gasteiger partial charge in [0.15, 0.2) is 11.5 Å². The topological polar surface area (TPSA) is 44.8 Å². The van der Waals surface area contributed by atoms with E-state index in [1.165, 1.54) is 10.5 Å². The highest BCUT2D eigenvalue weighted by molar-refractivity contribution is 8.00. The zero-order valence-corrected chi connectivity index (χ0v) is 10.7. The second kappa shape index (κ2) is 5.10. The van der Waals surface area contributed by atoms with E-state index in [2.05, 4.69) is 12.1 Å². The van der Waals surface area contributed by atoms with Crippen LogP contribution in [0, 0.1) is 0 Å². The molecule has 0 amide bonds. The second-order valence-corrected chi connectivity index (χ2v) is 5.69. The summed E-state index contributed by atoms with van der Waals surface area (Å²) in [6.07, 6.45) is 3.06. The Kier molecular flexibility index (Phi) is 3.32. The Morgan fingerprint density at radius 3 is 3.06 bits per heavy atom. The van der Waals surface area contributed by atoms with Gasteiger partial charge in [-0.25, -0.2) is 0 Å². The standard InChI is InChI=1S/C13H14O4S/c14-7-15-4-3-10-2-1-9-5-11-12(17-8-16-11)6-13(9)18-10/h5-7,10H,1-4,8H2/t10-/m1/s1. The first-order chi connectivity index (χ1) is 8.86. The molecule has 2 aliphatic heterocycles. The second-order valence-electron chi connectivity index (χ2n) is 4.35. The minimum Gasteiger partial charge on any atom is -0.468 e. The fourth-order valence-corrected chi connectivity index (χ4v) is 3.57. The lowest BCUT2D eigenvalue weighted by atomic mass is 10.1. The lowest BCUT2D eigenvalue weighted by Crippen LogP contribution is -2.13. The van der Waals surface area contributed by atoms with E-state index in [-0.39, 0.29) is 0 Å². The van der Waals surface area contributed by atoms with Crippen LogP contribution in [0.2, 0.25) is 0 Å². The molecule has 3 rings (SSSR count). The first kappa shape index (κ1) is 11.7. The van der Waals surface area contributed by atoms with Crippen LogP contribution in [0.1, 0.15) is 18.4 Å². The highest BCUT2D eigenvalue weighted by Crippen LogP contribution is 2.43. The molecular weight excluding hydrogens is 252 g/mol. The Hall–Kier alpha value is -1.36. The third-order valence-corrected chi connectivity index (χ3v) is 4.65. The van der Waals surface area contributed by atoms with Crippen LogP contribution < -0.4 is 9.47 Å². The lowest BCUT2D eigenvalue weighted by Gasteiger charge is -2.23. The number of thioether (sulfide) groups is 1. The molecule has 2 heterocycles. The number of carbonyl (C=O) groups excluding carboxylic acids is 1. The number of hydrogen-bond acceptors (Lipinski definition) is 5. The molecule has 2 aliphatic rings. The van der Waals surface area contributed by atoms with E-state index < -0.39 is 0 Å². The van der Waals surface area contributed by atoms with Gasteiger partial charge in [-0.15, -0.1) is 11.8 Å². The molecule has 0 N–H and O–H groups in total. The van der Waals surface area contributed by atoms with Gasteiger partial charge in [-0.1, -0.05) is 0 Å². The summed E-state index contributed by atoms with van der Waals surface area (Å²) in [5, 5.41) is 0.512. The van der Waals surface area contributed by atoms with E-state index in [1.807, 2.05) is 11.8 Å². The van der Waals surface area contributed by atoms with Gasteiger partial charge in [0.25, 0.3) is 6.47 Å². The summed E-state index contributed by atoms with van der Waals surface area (Å²) in [6.45, 7) is 1.33. The summed E-state index contributed by atoms with van der Waals surface area (Å²) in [7, 11) is 0. The highest BCUT2D eigenvalue weighted by atomic mass is 32.2. The Bertz CT molecular complexity index is 461. The van der Waals surface area contributed by atoms with E-state index in [4.69, 9.17) is 14.2 Å². The van der Waals surface area contributed by atoms with Gasteiger partial charge < -0.3 is 14.2 Å². The molecule has 0 saturated heterocycles. The zero-order valence-electron chi connectivity index (χ0n) is 9.89. The molecule has 0 aliphatic carbocycles. The summed E-state index contributed by atoms with van der Waals surface area (Å²) >= 11 is 1.84. The summed E-state index contributed by atoms with van der Waals surface area (Å²) in [5.41, 5.74) is 1.33. The summed E-state index contributed by atoms with van der Waals surface area (Å²) in [5.74, 6) is 1.70. The summed E-state index contributed by atoms with van der Waals surface area (Å²) in [4.78, 5) is 11.4. The molecule has 0 fully saturated rings. The van der Waals surface area contributed by atoms with Crippen molar-refractivity contribution in [1.82, 2.24) is 0 Å². The largest absolute Gasteiger partial charge is 0.468 e. The van der Waals surface area contributed by atoms with Crippen LogP contribution in [0.5, 0.6) is 11.5 Å². The molecule has 0 saturated carbocycles. The van der Waals surface area contributed by atoms with E-state index in [0.717, 1.165) is 30.8 Å². The third kappa shape index (κ3) is 2.27. The van der Waals surface area contributed by atoms with Crippen LogP contribution in [0.4, 0.5) is 0 Å². The maximum absolute atomic E-state index is 10.1. The molecule has 4 nitrogen and oxygen atoms in total. The number of aryl methyl sites for hydroxylation is 1. The SMILES string of the molecule is O=COCC[C@H]1CCc2cc3c(cc2S1)OCO3. The highest BCUT2D eigenvalue weighted by Gasteiger charge is 2.23. The predicted molar refractivity (Wildman–Crippen MR) is 67.2 cm³/mol. The molecule has 0 bridgehead atoms. The molecule has 5 heteroatoms. The van der Waals surface area contributed by atoms with Gasteiger partial charge in [-0.2, -0.15) is 0 Å². The van der Waals surface area contributed by atoms with Crippen molar-refractivity contribution in [2.75, 3.05) is 13.4 Å². The lowest BCUT2D eigenvalue weighted by molar-refractivity contribution is -0.128. The molecule has 0 radical (unpaired) electrons. The Morgan fingerprint density at radius 2 is 2.22 bits per heavy atom. The number of rotatable bonds is 4. The Balaban J connectivity index is 1.70. The smallest absolute Gasteiger partial charge is 0.293 e. The van der Waals surface area contributed by atoms with E-state index in [1.54, 1.807) is 0 Å². The van der Waals surface area contributed by atoms with Gasteiger partial charge in [0.2, 0.25) is 6.79 Å². The number of ether oxygens (including phenoxy) is 3. The predicted octanol–water partition coefficient (Wildman–Crippen LogP) is 2.39. The average molecular weight is 266 g/mol. The van der Waals surface area contributed by atoms with Gasteiger partial charge in [0.1, 0.15) is 0 Å². The molecule has 0 unspecified atom stereocenters. The fraction of sp³-hybridized carbons (Fsp3) is 0.462. The van der Waals surface area contributed by atoms with Crippen LogP contribution in [0.15, 0.2) is 17.0 Å². The van der Waals surface area contributed by atoms with Gasteiger partial charge in [-0.05, 0) is 37.0 Å². The quantitative estimate of drug-likeness (QED) is 0.618. The average Bonchev–Trinajstić information content (AvgIpc) is 2.83. The maximum atomic E-state index is 10.1. The fourth-order valence-electron chi connectivity index (χ4n) is 2.28. The van der Waals surface area contributed by atoms with Crippen molar-refractivity contribution in [2.45, 2.75) is 29.4 Å². The Morgan fingerprint density at radius 1 is 1.39 bits per heavy atom. The first-order valence-electron chi connectivity index (χ1n) is 6.01. The number of carbonyl (C=O) groups is 1. The third-order valence-electron chi connectivity index (χ3n) is 3.21. The molecule has 1 aromatic rings. The Labute approximate surface area is 110 Å². The number of benzene rings is 1. The number of hydrogen-bond donors (Lipinski definition) is 0. The van der Waals surface area contributed by atoms with E-state index in [0.29, 0.717) is 25.1 Å². The van der Waals surface area contributed by atoms with Crippen LogP contribution >= 0.6 is 11.8 Å². The first-order valence-corrected chi connectivity index (χ1v) is 6.89. The summed E-state index contributed by atoms with van der Waals surface area (Å²) < 4.78 is 15.5. The van der Waals surface area contributed by atoms with Gasteiger partial charge in [0, 0.05) is 10.1 Å². The van der Waals surface area contributed by atoms with Crippen molar-refractivity contribution in [3.8, 4) is 11.5 Å². The molecular formula is C13H14O4S. The monoisotopic (exact) mass is 266 g/mol. The van der Waals surface area contributed by atoms with Crippen molar-refractivity contribution in [2.24, 2.45) is 0 Å². The maximum Gasteiger partial charge on any atom is 0.293 e. The molecule has 0 aromatic heterocycles. The van der Waals surface area contributed by atoms with Gasteiger partial charge >= 0.3 is 0 Å². The van der Waals surface area contributed by atoms with Crippen LogP contribution in [-0.2, 0) is 16.0 Å². The van der Waals surface area contributed by atoms with E-state index in [9.17, 15) is 4.79 Å². The van der Waals surface area contributed by atoms with Crippen molar-refractivity contribution >= 4 is 18.2 Å². The molecule has 18 heavy (non-hydrogen) atoms. The summed E-state index contributed by atoms with van der Waals surface area (Å²) in [6, 6.07) is 4.15. The van der Waals surface area contributed by atoms with E-state index >= 15 is 0 Å². The molecule has 1 atom stereocenters. The van der Waals surface area contributed by atoms with Gasteiger partial charge in [0.05, 0.1) is 6.61 Å². The minimum absolute atomic E-state index is 0.319. The van der Waals surface area contributed by atoms with Crippen LogP contribution in [0.3, 0.4) is 0 Å². The van der Waals surface area contributed by atoms with Crippen molar-refractivity contribution in [3.63, 3.8) is 0 Å². The minimum atomic E-state index is 0.319. The van der Waals surface area contributed by atoms with Crippen molar-refractivity contribution < 1.29 is 19.0 Å².